The molecule has 1 fully saturated rings. The van der Waals surface area contributed by atoms with Crippen LogP contribution < -0.4 is 5.73 Å². The summed E-state index contributed by atoms with van der Waals surface area (Å²) in [5, 5.41) is 0.953. The molecule has 0 saturated heterocycles. The van der Waals surface area contributed by atoms with Crippen LogP contribution in [0.3, 0.4) is 0 Å². The topological polar surface area (TPSA) is 69.6 Å². The van der Waals surface area contributed by atoms with Gasteiger partial charge in [0.1, 0.15) is 17.8 Å². The number of pyridine rings is 1. The van der Waals surface area contributed by atoms with Gasteiger partial charge in [-0.3, -0.25) is 4.98 Å². The Labute approximate surface area is 148 Å². The second kappa shape index (κ2) is 6.82. The monoisotopic (exact) mass is 335 g/mol. The van der Waals surface area contributed by atoms with Gasteiger partial charge in [0.2, 0.25) is 0 Å². The molecule has 5 nitrogen and oxygen atoms in total. The molecule has 130 valence electrons. The van der Waals surface area contributed by atoms with Gasteiger partial charge in [-0.05, 0) is 68.6 Å². The second-order valence-corrected chi connectivity index (χ2v) is 7.41. The third kappa shape index (κ3) is 3.36. The molecular weight excluding hydrogens is 310 g/mol. The van der Waals surface area contributed by atoms with E-state index in [0.717, 1.165) is 22.9 Å². The molecule has 25 heavy (non-hydrogen) atoms. The van der Waals surface area contributed by atoms with Crippen molar-refractivity contribution in [2.75, 3.05) is 5.73 Å². The minimum Gasteiger partial charge on any atom is -0.383 e. The average molecular weight is 335 g/mol. The highest BCUT2D eigenvalue weighted by Gasteiger charge is 2.29. The molecule has 1 atom stereocenters. The molecule has 1 aliphatic rings. The van der Waals surface area contributed by atoms with Gasteiger partial charge in [0, 0.05) is 24.6 Å². The van der Waals surface area contributed by atoms with Crippen LogP contribution in [0.15, 0.2) is 43.1 Å². The third-order valence-corrected chi connectivity index (χ3v) is 5.59. The smallest absolute Gasteiger partial charge is 0.145 e. The number of rotatable bonds is 6. The minimum atomic E-state index is 0.434. The normalized spacial score (nSPS) is 21.2. The van der Waals surface area contributed by atoms with Crippen molar-refractivity contribution in [1.82, 2.24) is 19.5 Å². The van der Waals surface area contributed by atoms with Gasteiger partial charge >= 0.3 is 0 Å². The highest BCUT2D eigenvalue weighted by molar-refractivity contribution is 5.86. The fraction of sp³-hybridized carbons (Fsp3) is 0.450. The number of fused-ring (bicyclic) bond motifs is 1. The Kier molecular flexibility index (Phi) is 4.38. The van der Waals surface area contributed by atoms with Crippen LogP contribution in [0.4, 0.5) is 5.82 Å². The van der Waals surface area contributed by atoms with Crippen molar-refractivity contribution in [1.29, 1.82) is 0 Å². The number of anilines is 1. The van der Waals surface area contributed by atoms with E-state index in [4.69, 9.17) is 5.73 Å². The van der Waals surface area contributed by atoms with E-state index in [1.165, 1.54) is 37.7 Å². The standard InChI is InChI=1S/C20H25N5/c1-14(25-8-6-18-19(21)23-13-24-20(18)25)4-5-15-9-17(10-15)11-16-3-2-7-22-12-16/h2-3,6-8,12-15,17H,4-5,9-11H2,1H3,(H2,21,23,24). The predicted molar refractivity (Wildman–Crippen MR) is 100 cm³/mol. The largest absolute Gasteiger partial charge is 0.383 e. The van der Waals surface area contributed by atoms with E-state index in [9.17, 15) is 0 Å². The van der Waals surface area contributed by atoms with Crippen LogP contribution in [0, 0.1) is 11.8 Å². The molecule has 2 N–H and O–H groups in total. The molecule has 4 rings (SSSR count). The van der Waals surface area contributed by atoms with Gasteiger partial charge in [0.15, 0.2) is 0 Å². The van der Waals surface area contributed by atoms with Crippen LogP contribution in [0.2, 0.25) is 0 Å². The Morgan fingerprint density at radius 2 is 2.12 bits per heavy atom. The third-order valence-electron chi connectivity index (χ3n) is 5.59. The first kappa shape index (κ1) is 16.1. The molecule has 0 aliphatic heterocycles. The van der Waals surface area contributed by atoms with Crippen molar-refractivity contribution < 1.29 is 0 Å². The quantitative estimate of drug-likeness (QED) is 0.738. The fourth-order valence-corrected chi connectivity index (χ4v) is 4.09. The molecule has 0 radical (unpaired) electrons. The first-order valence-electron chi connectivity index (χ1n) is 9.16. The first-order chi connectivity index (χ1) is 12.2. The van der Waals surface area contributed by atoms with Gasteiger partial charge in [0.05, 0.1) is 5.39 Å². The summed E-state index contributed by atoms with van der Waals surface area (Å²) in [4.78, 5) is 12.7. The lowest BCUT2D eigenvalue weighted by atomic mass is 9.70. The highest BCUT2D eigenvalue weighted by Crippen LogP contribution is 2.40. The minimum absolute atomic E-state index is 0.434. The summed E-state index contributed by atoms with van der Waals surface area (Å²) in [7, 11) is 0. The maximum atomic E-state index is 5.93. The number of aromatic nitrogens is 4. The summed E-state index contributed by atoms with van der Waals surface area (Å²) in [6, 6.07) is 6.68. The molecule has 3 aromatic heterocycles. The van der Waals surface area contributed by atoms with Crippen LogP contribution in [0.1, 0.15) is 44.2 Å². The van der Waals surface area contributed by atoms with E-state index in [-0.39, 0.29) is 0 Å². The zero-order chi connectivity index (χ0) is 17.2. The molecule has 0 aromatic carbocycles. The summed E-state index contributed by atoms with van der Waals surface area (Å²) in [6.07, 6.45) is 13.8. The van der Waals surface area contributed by atoms with Gasteiger partial charge in [-0.1, -0.05) is 6.07 Å². The molecule has 0 spiro atoms. The maximum absolute atomic E-state index is 5.93. The summed E-state index contributed by atoms with van der Waals surface area (Å²) < 4.78 is 2.24. The maximum Gasteiger partial charge on any atom is 0.145 e. The van der Waals surface area contributed by atoms with E-state index in [0.29, 0.717) is 11.9 Å². The van der Waals surface area contributed by atoms with Crippen LogP contribution in [-0.4, -0.2) is 19.5 Å². The number of hydrogen-bond donors (Lipinski definition) is 1. The lowest BCUT2D eigenvalue weighted by Crippen LogP contribution is -2.26. The molecule has 3 aromatic rings. The van der Waals surface area contributed by atoms with Crippen molar-refractivity contribution in [2.45, 2.75) is 45.1 Å². The van der Waals surface area contributed by atoms with E-state index >= 15 is 0 Å². The zero-order valence-corrected chi connectivity index (χ0v) is 14.7. The second-order valence-electron chi connectivity index (χ2n) is 7.41. The Bertz CT molecular complexity index is 836. The van der Waals surface area contributed by atoms with Gasteiger partial charge in [-0.2, -0.15) is 0 Å². The van der Waals surface area contributed by atoms with Gasteiger partial charge < -0.3 is 10.3 Å². The number of hydrogen-bond acceptors (Lipinski definition) is 4. The average Bonchev–Trinajstić information content (AvgIpc) is 3.03. The SMILES string of the molecule is CC(CCC1CC(Cc2cccnc2)C1)n1ccc2c(N)ncnc21. The van der Waals surface area contributed by atoms with E-state index in [2.05, 4.69) is 38.7 Å². The highest BCUT2D eigenvalue weighted by atomic mass is 15.1. The first-order valence-corrected chi connectivity index (χ1v) is 9.16. The Hall–Kier alpha value is -2.43. The number of nitrogen functional groups attached to an aromatic ring is 1. The molecule has 1 unspecified atom stereocenters. The summed E-state index contributed by atoms with van der Waals surface area (Å²) >= 11 is 0. The van der Waals surface area contributed by atoms with Crippen molar-refractivity contribution in [2.24, 2.45) is 11.8 Å². The molecule has 5 heteroatoms. The predicted octanol–water partition coefficient (Wildman–Crippen LogP) is 4.02. The van der Waals surface area contributed by atoms with Crippen molar-refractivity contribution >= 4 is 16.9 Å². The van der Waals surface area contributed by atoms with E-state index in [1.807, 2.05) is 24.5 Å². The lowest BCUT2D eigenvalue weighted by Gasteiger charge is -2.36. The summed E-state index contributed by atoms with van der Waals surface area (Å²) in [5.41, 5.74) is 8.25. The van der Waals surface area contributed by atoms with E-state index < -0.39 is 0 Å². The molecule has 3 heterocycles. The Morgan fingerprint density at radius 3 is 2.92 bits per heavy atom. The van der Waals surface area contributed by atoms with Crippen LogP contribution in [0.25, 0.3) is 11.0 Å². The number of nitrogens with zero attached hydrogens (tertiary/aromatic N) is 4. The number of nitrogens with two attached hydrogens (primary N) is 1. The van der Waals surface area contributed by atoms with Gasteiger partial charge in [0.25, 0.3) is 0 Å². The molecule has 1 aliphatic carbocycles. The van der Waals surface area contributed by atoms with E-state index in [1.54, 1.807) is 6.33 Å². The van der Waals surface area contributed by atoms with Gasteiger partial charge in [-0.15, -0.1) is 0 Å². The molecule has 0 bridgehead atoms. The Morgan fingerprint density at radius 1 is 1.24 bits per heavy atom. The van der Waals surface area contributed by atoms with Crippen LogP contribution in [-0.2, 0) is 6.42 Å². The van der Waals surface area contributed by atoms with Crippen LogP contribution >= 0.6 is 0 Å². The van der Waals surface area contributed by atoms with Crippen molar-refractivity contribution in [3.63, 3.8) is 0 Å². The zero-order valence-electron chi connectivity index (χ0n) is 14.7. The van der Waals surface area contributed by atoms with Gasteiger partial charge in [-0.25, -0.2) is 9.97 Å². The molecular formula is C20H25N5. The lowest BCUT2D eigenvalue weighted by molar-refractivity contribution is 0.172. The fourth-order valence-electron chi connectivity index (χ4n) is 4.09. The Balaban J connectivity index is 1.28. The van der Waals surface area contributed by atoms with Crippen molar-refractivity contribution in [3.05, 3.63) is 48.7 Å². The van der Waals surface area contributed by atoms with Crippen LogP contribution in [0.5, 0.6) is 0 Å². The summed E-state index contributed by atoms with van der Waals surface area (Å²) in [6.45, 7) is 2.27. The molecule has 1 saturated carbocycles. The van der Waals surface area contributed by atoms with Crippen molar-refractivity contribution in [3.8, 4) is 0 Å². The molecule has 0 amide bonds. The summed E-state index contributed by atoms with van der Waals surface area (Å²) in [5.74, 6) is 2.27.